The Morgan fingerprint density at radius 3 is 2.85 bits per heavy atom. The van der Waals surface area contributed by atoms with Crippen LogP contribution in [0.2, 0.25) is 0 Å². The monoisotopic (exact) mass is 261 g/mol. The summed E-state index contributed by atoms with van der Waals surface area (Å²) in [5.41, 5.74) is 1.12. The Hall–Kier alpha value is -0.0900. The fourth-order valence-corrected chi connectivity index (χ4v) is 2.95. The largest absolute Gasteiger partial charge is 0.214 e. The topological polar surface area (TPSA) is 12.9 Å². The Bertz CT molecular complexity index is 339. The van der Waals surface area contributed by atoms with Crippen LogP contribution in [0.25, 0.3) is 0 Å². The summed E-state index contributed by atoms with van der Waals surface area (Å²) < 4.78 is 13.6. The normalized spacial score (nSPS) is 16.2. The van der Waals surface area contributed by atoms with Crippen molar-refractivity contribution < 1.29 is 4.39 Å². The Balaban J connectivity index is 2.50. The van der Waals surface area contributed by atoms with E-state index in [-0.39, 0.29) is 5.95 Å². The average Bonchev–Trinajstić information content (AvgIpc) is 2.85. The average molecular weight is 262 g/mol. The van der Waals surface area contributed by atoms with E-state index in [1.54, 1.807) is 17.8 Å². The van der Waals surface area contributed by atoms with E-state index in [2.05, 4.69) is 20.9 Å². The van der Waals surface area contributed by atoms with Gasteiger partial charge in [0, 0.05) is 4.90 Å². The van der Waals surface area contributed by atoms with Crippen molar-refractivity contribution in [1.29, 1.82) is 0 Å². The second kappa shape index (κ2) is 3.58. The number of hydrogen-bond donors (Lipinski definition) is 0. The molecular formula is C9H9BrFNS. The molecule has 1 saturated carbocycles. The van der Waals surface area contributed by atoms with Crippen molar-refractivity contribution in [3.8, 4) is 0 Å². The summed E-state index contributed by atoms with van der Waals surface area (Å²) in [7, 11) is 0. The summed E-state index contributed by atoms with van der Waals surface area (Å²) in [6.07, 6.45) is 4.36. The molecule has 0 radical (unpaired) electrons. The van der Waals surface area contributed by atoms with Crippen molar-refractivity contribution >= 4 is 27.7 Å². The van der Waals surface area contributed by atoms with E-state index in [4.69, 9.17) is 0 Å². The zero-order valence-corrected chi connectivity index (χ0v) is 9.58. The van der Waals surface area contributed by atoms with Crippen molar-refractivity contribution in [3.63, 3.8) is 0 Å². The highest BCUT2D eigenvalue weighted by molar-refractivity contribution is 9.10. The first-order valence-corrected chi connectivity index (χ1v) is 6.14. The number of nitrogens with zero attached hydrogens (tertiary/aromatic N) is 1. The van der Waals surface area contributed by atoms with Crippen LogP contribution in [0.1, 0.15) is 24.3 Å². The van der Waals surface area contributed by atoms with Gasteiger partial charge in [-0.05, 0) is 52.6 Å². The molecule has 2 rings (SSSR count). The minimum Gasteiger partial charge on any atom is -0.211 e. The van der Waals surface area contributed by atoms with E-state index in [1.165, 1.54) is 12.8 Å². The highest BCUT2D eigenvalue weighted by Gasteiger charge is 2.27. The zero-order chi connectivity index (χ0) is 9.42. The zero-order valence-electron chi connectivity index (χ0n) is 7.18. The number of rotatable bonds is 2. The molecule has 1 nitrogen and oxygen atoms in total. The van der Waals surface area contributed by atoms with E-state index < -0.39 is 0 Å². The van der Waals surface area contributed by atoms with Crippen LogP contribution in [-0.4, -0.2) is 11.2 Å². The molecule has 0 amide bonds. The molecule has 0 N–H and O–H groups in total. The highest BCUT2D eigenvalue weighted by atomic mass is 79.9. The number of halogens is 2. The van der Waals surface area contributed by atoms with Crippen LogP contribution in [0.15, 0.2) is 15.6 Å². The molecule has 0 aliphatic heterocycles. The molecular weight excluding hydrogens is 253 g/mol. The van der Waals surface area contributed by atoms with E-state index in [0.717, 1.165) is 10.5 Å². The SMILES string of the molecule is CSc1c(C2CC2)cc(F)nc1Br. The summed E-state index contributed by atoms with van der Waals surface area (Å²) in [6, 6.07) is 1.56. The van der Waals surface area contributed by atoms with Crippen molar-refractivity contribution in [2.45, 2.75) is 23.7 Å². The molecule has 13 heavy (non-hydrogen) atoms. The van der Waals surface area contributed by atoms with Gasteiger partial charge in [0.2, 0.25) is 5.95 Å². The van der Waals surface area contributed by atoms with Crippen molar-refractivity contribution in [2.75, 3.05) is 6.26 Å². The fourth-order valence-electron chi connectivity index (χ4n) is 1.39. The molecule has 4 heteroatoms. The van der Waals surface area contributed by atoms with Crippen LogP contribution in [0, 0.1) is 5.95 Å². The molecule has 1 aromatic rings. The number of pyridine rings is 1. The summed E-state index contributed by atoms with van der Waals surface area (Å²) in [6.45, 7) is 0. The smallest absolute Gasteiger partial charge is 0.211 e. The minimum absolute atomic E-state index is 0.383. The predicted molar refractivity (Wildman–Crippen MR) is 55.7 cm³/mol. The lowest BCUT2D eigenvalue weighted by Gasteiger charge is -2.07. The third kappa shape index (κ3) is 1.89. The second-order valence-corrected chi connectivity index (χ2v) is 4.70. The molecule has 0 bridgehead atoms. The van der Waals surface area contributed by atoms with E-state index in [9.17, 15) is 4.39 Å². The Kier molecular flexibility index (Phi) is 2.60. The molecule has 70 valence electrons. The molecule has 1 aliphatic rings. The summed E-state index contributed by atoms with van der Waals surface area (Å²) >= 11 is 4.91. The Morgan fingerprint density at radius 2 is 2.31 bits per heavy atom. The first-order chi connectivity index (χ1) is 6.22. The molecule has 0 unspecified atom stereocenters. The van der Waals surface area contributed by atoms with Gasteiger partial charge in [0.25, 0.3) is 0 Å². The van der Waals surface area contributed by atoms with Gasteiger partial charge in [-0.2, -0.15) is 4.39 Å². The third-order valence-corrected chi connectivity index (χ3v) is 3.82. The predicted octanol–water partition coefficient (Wildman–Crippen LogP) is 3.58. The van der Waals surface area contributed by atoms with Gasteiger partial charge in [-0.1, -0.05) is 0 Å². The molecule has 0 atom stereocenters. The first kappa shape index (κ1) is 9.46. The lowest BCUT2D eigenvalue weighted by atomic mass is 10.2. The molecule has 0 saturated heterocycles. The summed E-state index contributed by atoms with van der Waals surface area (Å²) in [4.78, 5) is 4.83. The molecule has 0 spiro atoms. The van der Waals surface area contributed by atoms with Crippen molar-refractivity contribution in [3.05, 3.63) is 22.2 Å². The maximum absolute atomic E-state index is 13.0. The fraction of sp³-hybridized carbons (Fsp3) is 0.444. The van der Waals surface area contributed by atoms with Crippen molar-refractivity contribution in [2.24, 2.45) is 0 Å². The van der Waals surface area contributed by atoms with E-state index in [1.807, 2.05) is 6.26 Å². The lowest BCUT2D eigenvalue weighted by molar-refractivity contribution is 0.574. The minimum atomic E-state index is -0.383. The molecule has 1 fully saturated rings. The van der Waals surface area contributed by atoms with Crippen LogP contribution < -0.4 is 0 Å². The molecule has 1 aromatic heterocycles. The highest BCUT2D eigenvalue weighted by Crippen LogP contribution is 2.45. The van der Waals surface area contributed by atoms with E-state index in [0.29, 0.717) is 10.5 Å². The maximum Gasteiger partial charge on any atom is 0.214 e. The van der Waals surface area contributed by atoms with Crippen LogP contribution in [0.3, 0.4) is 0 Å². The van der Waals surface area contributed by atoms with Gasteiger partial charge in [0.15, 0.2) is 0 Å². The van der Waals surface area contributed by atoms with Gasteiger partial charge in [0.05, 0.1) is 0 Å². The van der Waals surface area contributed by atoms with Gasteiger partial charge in [0.1, 0.15) is 4.60 Å². The first-order valence-electron chi connectivity index (χ1n) is 4.12. The lowest BCUT2D eigenvalue weighted by Crippen LogP contribution is -1.93. The second-order valence-electron chi connectivity index (χ2n) is 3.13. The van der Waals surface area contributed by atoms with Gasteiger partial charge >= 0.3 is 0 Å². The summed E-state index contributed by atoms with van der Waals surface area (Å²) in [5, 5.41) is 0. The Morgan fingerprint density at radius 1 is 1.62 bits per heavy atom. The molecule has 1 heterocycles. The van der Waals surface area contributed by atoms with Crippen LogP contribution in [0.4, 0.5) is 4.39 Å². The van der Waals surface area contributed by atoms with Gasteiger partial charge in [-0.25, -0.2) is 4.98 Å². The molecule has 1 aliphatic carbocycles. The van der Waals surface area contributed by atoms with Crippen LogP contribution >= 0.6 is 27.7 Å². The summed E-state index contributed by atoms with van der Waals surface area (Å²) in [5.74, 6) is 0.183. The number of hydrogen-bond acceptors (Lipinski definition) is 2. The van der Waals surface area contributed by atoms with E-state index >= 15 is 0 Å². The van der Waals surface area contributed by atoms with Crippen LogP contribution in [-0.2, 0) is 0 Å². The van der Waals surface area contributed by atoms with Gasteiger partial charge < -0.3 is 0 Å². The van der Waals surface area contributed by atoms with Gasteiger partial charge in [-0.15, -0.1) is 11.8 Å². The Labute approximate surface area is 89.3 Å². The number of thioether (sulfide) groups is 1. The standard InChI is InChI=1S/C9H9BrFNS/c1-13-8-6(5-2-3-5)4-7(11)12-9(8)10/h4-5H,2-3H2,1H3. The van der Waals surface area contributed by atoms with Gasteiger partial charge in [-0.3, -0.25) is 0 Å². The quantitative estimate of drug-likeness (QED) is 0.596. The van der Waals surface area contributed by atoms with Crippen molar-refractivity contribution in [1.82, 2.24) is 4.98 Å². The maximum atomic E-state index is 13.0. The molecule has 0 aromatic carbocycles. The third-order valence-electron chi connectivity index (χ3n) is 2.15. The number of aromatic nitrogens is 1. The van der Waals surface area contributed by atoms with Crippen LogP contribution in [0.5, 0.6) is 0 Å².